The molecule has 4 heteroatoms. The van der Waals surface area contributed by atoms with Gasteiger partial charge in [-0.15, -0.1) is 0 Å². The van der Waals surface area contributed by atoms with Gasteiger partial charge in [0.25, 0.3) is 0 Å². The van der Waals surface area contributed by atoms with E-state index in [1.807, 2.05) is 0 Å². The van der Waals surface area contributed by atoms with Gasteiger partial charge in [-0.25, -0.2) is 0 Å². The van der Waals surface area contributed by atoms with Gasteiger partial charge in [-0.05, 0) is 5.59 Å². The quantitative estimate of drug-likeness (QED) is 0.407. The molecule has 0 heterocycles. The highest BCUT2D eigenvalue weighted by Crippen LogP contribution is 0.260. The summed E-state index contributed by atoms with van der Waals surface area (Å²) in [6.07, 6.45) is 0. The zero-order chi connectivity index (χ0) is 2.00. The van der Waals surface area contributed by atoms with Crippen LogP contribution in [0.3, 0.4) is 0 Å². The molecule has 0 aliphatic heterocycles. The molecule has 0 fully saturated rings. The van der Waals surface area contributed by atoms with Crippen LogP contribution in [-0.2, 0) is 0 Å². The first kappa shape index (κ1) is 23.7. The maximum Gasteiger partial charge on any atom is 0.0125 e. The first-order valence-electron chi connectivity index (χ1n) is 0.236. The molecule has 2 N–H and O–H groups in total. The van der Waals surface area contributed by atoms with Crippen LogP contribution < -0.4 is 39.6 Å². The summed E-state index contributed by atoms with van der Waals surface area (Å²) in [6, 6.07) is 0. The average Bonchev–Trinajstić information content (AvgIpc) is 1.00. The highest BCUT2D eigenvalue weighted by molar-refractivity contribution is 3.51. The molecule has 4 heavy (non-hydrogen) atoms. The Morgan fingerprint density at radius 1 is 1.00 bits per heavy atom. The molecule has 0 saturated carbocycles. The number of hydrogen-bond acceptors (Lipinski definition) is 1. The van der Waals surface area contributed by atoms with Crippen molar-refractivity contribution in [2.24, 2.45) is 0 Å². The van der Waals surface area contributed by atoms with Crippen molar-refractivity contribution in [1.29, 1.82) is 0 Å². The summed E-state index contributed by atoms with van der Waals surface area (Å²) in [5.74, 6) is 0. The lowest BCUT2D eigenvalue weighted by atomic mass is 13.8. The summed E-state index contributed by atoms with van der Waals surface area (Å²) in [6.45, 7) is 0. The topological polar surface area (TPSA) is 42.7 Å². The van der Waals surface area contributed by atoms with Gasteiger partial charge < -0.3 is 34.0 Å². The van der Waals surface area contributed by atoms with Crippen LogP contribution in [0.15, 0.2) is 0 Å². The minimum atomic E-state index is 0. The minimum absolute atomic E-state index is 0. The van der Waals surface area contributed by atoms with Gasteiger partial charge in [0.05, 0.1) is 0 Å². The Morgan fingerprint density at radius 3 is 1.00 bits per heavy atom. The van der Waals surface area contributed by atoms with E-state index in [-0.39, 0.29) is 34.0 Å². The summed E-state index contributed by atoms with van der Waals surface area (Å²) in [5.41, 5.74) is 3.25. The molecule has 0 spiro atoms. The number of halogens is 2. The molecule has 0 aliphatic rings. The second-order valence-corrected chi connectivity index (χ2v) is 0. The molecule has 28 valence electrons. The molecule has 0 aliphatic carbocycles. The standard InChI is InChI=1S/2BrH.H2NO/c;;1-2/h2*1H;1H2/q;;+1/p-2. The Labute approximate surface area is 44.9 Å². The van der Waals surface area contributed by atoms with Crippen LogP contribution in [0.4, 0.5) is 0 Å². The second-order valence-electron chi connectivity index (χ2n) is 0. The molecule has 0 aromatic rings. The number of nitroso groups, excluding NO2 is 1. The van der Waals surface area contributed by atoms with Crippen molar-refractivity contribution in [3.63, 3.8) is 0 Å². The highest BCUT2D eigenvalue weighted by Gasteiger charge is 0.697. The van der Waals surface area contributed by atoms with Gasteiger partial charge in [0.2, 0.25) is 0 Å². The summed E-state index contributed by atoms with van der Waals surface area (Å²) in [7, 11) is 0. The predicted molar refractivity (Wildman–Crippen MR) is 5.29 cm³/mol. The molecule has 0 radical (unpaired) electrons. The van der Waals surface area contributed by atoms with Crippen molar-refractivity contribution in [1.82, 2.24) is 0 Å². The van der Waals surface area contributed by atoms with Crippen molar-refractivity contribution in [2.75, 3.05) is 0 Å². The van der Waals surface area contributed by atoms with E-state index in [9.17, 15) is 0 Å². The van der Waals surface area contributed by atoms with Crippen molar-refractivity contribution in [3.05, 3.63) is 4.91 Å². The van der Waals surface area contributed by atoms with Crippen LogP contribution in [0.1, 0.15) is 0 Å². The summed E-state index contributed by atoms with van der Waals surface area (Å²) in [4.78, 5) is 7.75. The van der Waals surface area contributed by atoms with Crippen LogP contribution in [0.25, 0.3) is 0 Å². The van der Waals surface area contributed by atoms with Gasteiger partial charge in [0.15, 0.2) is 0 Å². The molecule has 0 aromatic carbocycles. The fourth-order valence-electron chi connectivity index (χ4n) is 0. The molecule has 0 saturated heterocycles. The van der Waals surface area contributed by atoms with Crippen LogP contribution in [0.5, 0.6) is 0 Å². The molecule has 0 aromatic heterocycles. The second kappa shape index (κ2) is 74.4. The van der Waals surface area contributed by atoms with Crippen LogP contribution in [0.2, 0.25) is 0 Å². The molecule has 2 nitrogen and oxygen atoms in total. The zero-order valence-electron chi connectivity index (χ0n) is 1.74. The minimum Gasteiger partial charge on any atom is -1.00 e. The van der Waals surface area contributed by atoms with Gasteiger partial charge in [-0.3, -0.25) is 0 Å². The number of hydrogen-bond donors (Lipinski definition) is 1. The first-order valence-corrected chi connectivity index (χ1v) is 0.236. The third-order valence-electron chi connectivity index (χ3n) is 0. The SMILES string of the molecule is [Br-].[Br-].[NH2+]=O. The molecular weight excluding hydrogens is 190 g/mol. The maximum absolute atomic E-state index is 7.75. The molecule has 0 amide bonds. The fourth-order valence-corrected chi connectivity index (χ4v) is 0. The Balaban J connectivity index is -0.00000000500. The lowest BCUT2D eigenvalue weighted by Crippen LogP contribution is -3.00. The Kier molecular flexibility index (Phi) is 442. The van der Waals surface area contributed by atoms with E-state index in [2.05, 4.69) is 5.59 Å². The largest absolute Gasteiger partial charge is 1.00 e. The monoisotopic (exact) mass is 190 g/mol. The summed E-state index contributed by atoms with van der Waals surface area (Å²) >= 11 is 0. The van der Waals surface area contributed by atoms with E-state index in [0.717, 1.165) is 0 Å². The van der Waals surface area contributed by atoms with Gasteiger partial charge in [-0.2, -0.15) is 0 Å². The normalized spacial score (nSPS) is 1.00. The first-order chi connectivity index (χ1) is 1.00. The van der Waals surface area contributed by atoms with Gasteiger partial charge in [0, 0.05) is 4.91 Å². The smallest absolute Gasteiger partial charge is 0.0125 e. The maximum atomic E-state index is 7.75. The lowest BCUT2D eigenvalue weighted by Gasteiger charge is -1.00. The molecule has 0 bridgehead atoms. The Hall–Kier alpha value is 0.560. The Bertz CT molecular complexity index is 6.00. The van der Waals surface area contributed by atoms with E-state index in [1.165, 1.54) is 0 Å². The van der Waals surface area contributed by atoms with E-state index < -0.39 is 0 Å². The summed E-state index contributed by atoms with van der Waals surface area (Å²) < 4.78 is 0. The van der Waals surface area contributed by atoms with Gasteiger partial charge >= 0.3 is 0 Å². The molecule has 0 atom stereocenters. The van der Waals surface area contributed by atoms with E-state index in [1.54, 1.807) is 0 Å². The van der Waals surface area contributed by atoms with E-state index in [4.69, 9.17) is 4.91 Å². The van der Waals surface area contributed by atoms with Gasteiger partial charge in [0.1, 0.15) is 0 Å². The third-order valence-corrected chi connectivity index (χ3v) is 0. The van der Waals surface area contributed by atoms with Gasteiger partial charge in [-0.1, -0.05) is 0 Å². The van der Waals surface area contributed by atoms with Crippen LogP contribution in [0, 0.1) is 4.91 Å². The zero-order valence-corrected chi connectivity index (χ0v) is 4.91. The number of rotatable bonds is 0. The fraction of sp³-hybridized carbons (Fsp3) is 0. The van der Waals surface area contributed by atoms with Crippen LogP contribution in [-0.4, -0.2) is 0 Å². The third kappa shape index (κ3) is 19.9. The van der Waals surface area contributed by atoms with E-state index in [0.29, 0.717) is 0 Å². The summed E-state index contributed by atoms with van der Waals surface area (Å²) in [5, 5.41) is 0. The highest BCUT2D eigenvalue weighted by atomic mass is 79.9. The van der Waals surface area contributed by atoms with Crippen LogP contribution >= 0.6 is 0 Å². The van der Waals surface area contributed by atoms with Crippen molar-refractivity contribution in [3.8, 4) is 0 Å². The number of nitrogens with two attached hydrogens (primary N) is 1. The van der Waals surface area contributed by atoms with Crippen molar-refractivity contribution >= 4 is 0 Å². The van der Waals surface area contributed by atoms with Crippen molar-refractivity contribution < 1.29 is 39.6 Å². The predicted octanol–water partition coefficient (Wildman–Crippen LogP) is -7.48. The Morgan fingerprint density at radius 2 is 1.00 bits per heavy atom. The molecule has 0 rings (SSSR count). The van der Waals surface area contributed by atoms with Crippen molar-refractivity contribution in [2.45, 2.75) is 0 Å². The lowest BCUT2D eigenvalue weighted by molar-refractivity contribution is -0.142. The molecular formula is H2Br2NO-. The van der Waals surface area contributed by atoms with E-state index >= 15 is 0 Å². The average molecular weight is 192 g/mol. The molecule has 0 unspecified atom stereocenters.